The van der Waals surface area contributed by atoms with E-state index < -0.39 is 0 Å². The molecule has 458 valence electrons. The Balaban J connectivity index is 1.16. The third-order valence-corrected chi connectivity index (χ3v) is 22.7. The van der Waals surface area contributed by atoms with Crippen molar-refractivity contribution in [2.75, 3.05) is 0 Å². The van der Waals surface area contributed by atoms with Crippen LogP contribution in [0, 0.1) is 0 Å². The average molecular weight is 1250 g/mol. The zero-order chi connectivity index (χ0) is 57.2. The van der Waals surface area contributed by atoms with E-state index in [9.17, 15) is 0 Å². The van der Waals surface area contributed by atoms with Gasteiger partial charge in [0.1, 0.15) is 0 Å². The second-order valence-electron chi connectivity index (χ2n) is 26.9. The molecule has 0 aliphatic heterocycles. The Morgan fingerprint density at radius 1 is 0.256 bits per heavy atom. The van der Waals surface area contributed by atoms with Gasteiger partial charge in [-0.2, -0.15) is 0 Å². The van der Waals surface area contributed by atoms with E-state index in [-0.39, 0.29) is 40.8 Å². The van der Waals surface area contributed by atoms with Gasteiger partial charge in [-0.3, -0.25) is 0 Å². The van der Waals surface area contributed by atoms with Crippen molar-refractivity contribution in [3.8, 4) is 22.3 Å². The minimum absolute atomic E-state index is 0.00332. The Labute approximate surface area is 517 Å². The van der Waals surface area contributed by atoms with Crippen LogP contribution in [0.4, 0.5) is 0 Å². The molecule has 0 spiro atoms. The quantitative estimate of drug-likeness (QED) is 0.0288. The van der Waals surface area contributed by atoms with E-state index in [0.29, 0.717) is 0 Å². The summed E-state index contributed by atoms with van der Waals surface area (Å²) in [6.07, 6.45) is 72.0. The topological polar surface area (TPSA) is 51.6 Å². The molecule has 0 unspecified atom stereocenters. The van der Waals surface area contributed by atoms with Crippen molar-refractivity contribution in [1.29, 1.82) is 0 Å². The van der Waals surface area contributed by atoms with Crippen LogP contribution in [-0.4, -0.2) is 45.8 Å². The van der Waals surface area contributed by atoms with Gasteiger partial charge in [0.05, 0.1) is 0 Å². The number of hydrogen-bond donors (Lipinski definition) is 0. The maximum atomic E-state index is 5.38. The van der Waals surface area contributed by atoms with Crippen molar-refractivity contribution in [3.05, 3.63) is 58.7 Å². The fourth-order valence-corrected chi connectivity index (χ4v) is 17.8. The first-order valence-corrected chi connectivity index (χ1v) is 39.4. The molecule has 0 atom stereocenters. The summed E-state index contributed by atoms with van der Waals surface area (Å²) in [7, 11) is 0. The van der Waals surface area contributed by atoms with Gasteiger partial charge in [-0.15, -0.1) is 0 Å². The Morgan fingerprint density at radius 3 is 0.707 bits per heavy atom. The van der Waals surface area contributed by atoms with Crippen LogP contribution in [0.5, 0.6) is 0 Å². The van der Waals surface area contributed by atoms with Gasteiger partial charge < -0.3 is 0 Å². The number of fused-ring (bicyclic) bond motifs is 10. The normalized spacial score (nSPS) is 13.9. The molecule has 0 fully saturated rings. The first kappa shape index (κ1) is 67.4. The van der Waals surface area contributed by atoms with Gasteiger partial charge in [-0.05, 0) is 0 Å². The van der Waals surface area contributed by atoms with Crippen LogP contribution in [-0.2, 0) is 10.8 Å². The summed E-state index contributed by atoms with van der Waals surface area (Å²) in [5, 5.41) is 0. The molecule has 2 heterocycles. The zero-order valence-corrected chi connectivity index (χ0v) is 57.3. The monoisotopic (exact) mass is 1250 g/mol. The van der Waals surface area contributed by atoms with Crippen LogP contribution in [0.3, 0.4) is 0 Å². The molecule has 5 aromatic rings. The van der Waals surface area contributed by atoms with Crippen LogP contribution in [0.2, 0.25) is 0 Å². The molecule has 2 aromatic heterocycles. The summed E-state index contributed by atoms with van der Waals surface area (Å²) < 4.78 is 21.0. The molecule has 0 radical (unpaired) electrons. The average Bonchev–Trinajstić information content (AvgIpc) is 1.81. The zero-order valence-electron chi connectivity index (χ0n) is 53.8. The molecule has 2 aliphatic rings. The number of unbranched alkanes of at least 4 members (excludes halogenated alkanes) is 44. The van der Waals surface area contributed by atoms with Crippen molar-refractivity contribution in [2.24, 2.45) is 0 Å². The molecule has 6 heteroatoms. The predicted molar refractivity (Wildman–Crippen MR) is 362 cm³/mol. The molecule has 82 heavy (non-hydrogen) atoms. The Bertz CT molecular complexity index is 2240. The van der Waals surface area contributed by atoms with Crippen molar-refractivity contribution >= 4 is 52.0 Å². The molecule has 0 N–H and O–H groups in total. The standard InChI is InChI=1S/C76H122N4Se2/c1-5-9-13-17-21-25-29-33-37-41-45-49-57-75(58-50-46-42-38-34-30-26-22-18-14-10-6-2)65-53-55-69-73(79-81-77-69)71(65)63-62-68-64(61-67(63)75)72-66(54-56-70-74(72)80-82-78-70)76(68,59-51-47-43-39-35-31-27-23-19-15-11-7-3)60-52-48-44-40-36-32-28-24-20-16-12-8-4/h53-56,61-62H,5-52,57-60H2,1-4H3. The summed E-state index contributed by atoms with van der Waals surface area (Å²) in [4.78, 5) is 0. The molecule has 0 bridgehead atoms. The third-order valence-electron chi connectivity index (χ3n) is 20.4. The van der Waals surface area contributed by atoms with Gasteiger partial charge in [0.25, 0.3) is 0 Å². The molecular formula is C76H122N4Se2. The van der Waals surface area contributed by atoms with E-state index in [1.807, 2.05) is 0 Å². The summed E-state index contributed by atoms with van der Waals surface area (Å²) in [5.41, 5.74) is 17.2. The molecule has 7 rings (SSSR count). The molecule has 2 aliphatic carbocycles. The molecular weight excluding hydrogens is 1130 g/mol. The first-order valence-electron chi connectivity index (χ1n) is 36.3. The Morgan fingerprint density at radius 2 is 0.476 bits per heavy atom. The van der Waals surface area contributed by atoms with Gasteiger partial charge in [-0.25, -0.2) is 0 Å². The van der Waals surface area contributed by atoms with Crippen LogP contribution < -0.4 is 0 Å². The Hall–Kier alpha value is -2.10. The third kappa shape index (κ3) is 20.0. The maximum absolute atomic E-state index is 5.38. The number of hydrogen-bond acceptors (Lipinski definition) is 4. The van der Waals surface area contributed by atoms with Gasteiger partial charge >= 0.3 is 339 Å². The van der Waals surface area contributed by atoms with Crippen LogP contribution in [0.15, 0.2) is 36.4 Å². The number of rotatable bonds is 52. The van der Waals surface area contributed by atoms with Crippen molar-refractivity contribution in [3.63, 3.8) is 0 Å². The van der Waals surface area contributed by atoms with Crippen LogP contribution in [0.25, 0.3) is 44.3 Å². The fourth-order valence-electron chi connectivity index (χ4n) is 15.5. The minimum atomic E-state index is -0.0683. The number of nitrogens with zero attached hydrogens (tertiary/aromatic N) is 4. The number of aromatic nitrogens is 4. The summed E-state index contributed by atoms with van der Waals surface area (Å²) in [6.45, 7) is 9.33. The summed E-state index contributed by atoms with van der Waals surface area (Å²) in [5.74, 6) is 0. The van der Waals surface area contributed by atoms with E-state index in [0.717, 1.165) is 11.0 Å². The van der Waals surface area contributed by atoms with E-state index in [4.69, 9.17) is 15.9 Å². The van der Waals surface area contributed by atoms with Crippen molar-refractivity contribution < 1.29 is 0 Å². The summed E-state index contributed by atoms with van der Waals surface area (Å²) in [6, 6.07) is 15.6. The van der Waals surface area contributed by atoms with Crippen LogP contribution in [0.1, 0.15) is 384 Å². The molecule has 0 amide bonds. The second kappa shape index (κ2) is 39.6. The van der Waals surface area contributed by atoms with E-state index >= 15 is 0 Å². The molecule has 0 saturated carbocycles. The fraction of sp³-hybridized carbons (Fsp3) is 0.763. The predicted octanol–water partition coefficient (Wildman–Crippen LogP) is 24.6. The SMILES string of the molecule is CCCCCCCCCCCCCCC1(CCCCCCCCCCCCCC)c2cc3c(cc2-c2c1ccc1n[se]nc21)C(CCCCCCCCCCCCCC)(CCCCCCCCCCCCCC)c1ccc2n[se]nc2c1-3. The second-order valence-corrected chi connectivity index (χ2v) is 29.1. The van der Waals surface area contributed by atoms with Gasteiger partial charge in [0.2, 0.25) is 0 Å². The molecule has 3 aromatic carbocycles. The Kier molecular flexibility index (Phi) is 32.6. The van der Waals surface area contributed by atoms with E-state index in [1.54, 1.807) is 22.3 Å². The molecule has 0 saturated heterocycles. The van der Waals surface area contributed by atoms with Crippen LogP contribution >= 0.6 is 0 Å². The number of benzene rings is 3. The van der Waals surface area contributed by atoms with Crippen molar-refractivity contribution in [1.82, 2.24) is 15.9 Å². The van der Waals surface area contributed by atoms with Crippen molar-refractivity contribution in [2.45, 2.75) is 372 Å². The summed E-state index contributed by atoms with van der Waals surface area (Å²) >= 11 is -0.137. The van der Waals surface area contributed by atoms with Gasteiger partial charge in [0.15, 0.2) is 0 Å². The van der Waals surface area contributed by atoms with Gasteiger partial charge in [0, 0.05) is 0 Å². The molecule has 4 nitrogen and oxygen atoms in total. The first-order chi connectivity index (χ1) is 40.6. The van der Waals surface area contributed by atoms with Gasteiger partial charge in [-0.1, -0.05) is 182 Å². The van der Waals surface area contributed by atoms with E-state index in [2.05, 4.69) is 64.1 Å². The van der Waals surface area contributed by atoms with E-state index in [1.165, 1.54) is 367 Å².